The number of amides is 1. The van der Waals surface area contributed by atoms with Crippen molar-refractivity contribution in [3.63, 3.8) is 0 Å². The molecule has 0 aliphatic carbocycles. The van der Waals surface area contributed by atoms with Crippen LogP contribution in [0.3, 0.4) is 0 Å². The van der Waals surface area contributed by atoms with E-state index in [4.69, 9.17) is 16.3 Å². The normalized spacial score (nSPS) is 15.6. The Morgan fingerprint density at radius 2 is 1.85 bits per heavy atom. The fraction of sp³-hybridized carbons (Fsp3) is 0.357. The number of benzene rings is 2. The highest BCUT2D eigenvalue weighted by Gasteiger charge is 2.32. The quantitative estimate of drug-likeness (QED) is 0.439. The van der Waals surface area contributed by atoms with Crippen molar-refractivity contribution in [1.82, 2.24) is 14.8 Å². The van der Waals surface area contributed by atoms with Crippen molar-refractivity contribution in [2.24, 2.45) is 5.92 Å². The van der Waals surface area contributed by atoms with Gasteiger partial charge in [-0.2, -0.15) is 0 Å². The van der Waals surface area contributed by atoms with Crippen molar-refractivity contribution in [1.29, 1.82) is 0 Å². The van der Waals surface area contributed by atoms with Gasteiger partial charge in [-0.15, -0.1) is 0 Å². The van der Waals surface area contributed by atoms with Crippen LogP contribution < -0.4 is 4.74 Å². The number of hydrogen-bond acceptors (Lipinski definition) is 4. The molecule has 3 aromatic rings. The van der Waals surface area contributed by atoms with Crippen LogP contribution in [0.15, 0.2) is 72.9 Å². The summed E-state index contributed by atoms with van der Waals surface area (Å²) < 4.78 is 5.43. The molecule has 0 radical (unpaired) electrons. The number of aromatic nitrogens is 1. The minimum absolute atomic E-state index is 0.0325. The molecule has 34 heavy (non-hydrogen) atoms. The van der Waals surface area contributed by atoms with E-state index >= 15 is 0 Å². The van der Waals surface area contributed by atoms with Crippen LogP contribution in [0.25, 0.3) is 0 Å². The number of nitrogens with zero attached hydrogens (tertiary/aromatic N) is 3. The Morgan fingerprint density at radius 1 is 1.09 bits per heavy atom. The van der Waals surface area contributed by atoms with E-state index in [0.717, 1.165) is 49.7 Å². The first-order chi connectivity index (χ1) is 16.5. The fourth-order valence-corrected chi connectivity index (χ4v) is 5.08. The smallest absolute Gasteiger partial charge is 0.272 e. The van der Waals surface area contributed by atoms with Crippen LogP contribution >= 0.6 is 11.6 Å². The van der Waals surface area contributed by atoms with E-state index in [2.05, 4.69) is 28.1 Å². The monoisotopic (exact) mass is 477 g/mol. The molecule has 6 heteroatoms. The standard InChI is InChI=1S/C28H32ClN3O2/c1-31(28(33)26-11-3-4-14-30-26)27(19-21-7-6-10-25(18-21)34-2)23-12-15-32(16-13-23)20-22-8-5-9-24(29)17-22/h3-11,14,17-18,23,27H,12-13,15-16,19-20H2,1-2H3/t27-/m0/s1. The van der Waals surface area contributed by atoms with Gasteiger partial charge in [0.2, 0.25) is 0 Å². The molecule has 1 aliphatic heterocycles. The van der Waals surface area contributed by atoms with Crippen LogP contribution in [-0.2, 0) is 13.0 Å². The minimum atomic E-state index is -0.0325. The molecule has 1 saturated heterocycles. The largest absolute Gasteiger partial charge is 0.497 e. The second-order valence-corrected chi connectivity index (χ2v) is 9.43. The molecule has 1 fully saturated rings. The van der Waals surface area contributed by atoms with Crippen molar-refractivity contribution in [3.8, 4) is 5.75 Å². The van der Waals surface area contributed by atoms with E-state index < -0.39 is 0 Å². The summed E-state index contributed by atoms with van der Waals surface area (Å²) >= 11 is 6.17. The van der Waals surface area contributed by atoms with Gasteiger partial charge in [0.25, 0.3) is 5.91 Å². The third-order valence-corrected chi connectivity index (χ3v) is 6.99. The maximum Gasteiger partial charge on any atom is 0.272 e. The highest BCUT2D eigenvalue weighted by molar-refractivity contribution is 6.30. The van der Waals surface area contributed by atoms with Crippen molar-refractivity contribution >= 4 is 17.5 Å². The topological polar surface area (TPSA) is 45.7 Å². The van der Waals surface area contributed by atoms with Gasteiger partial charge in [0.1, 0.15) is 11.4 Å². The molecule has 1 aliphatic rings. The van der Waals surface area contributed by atoms with Crippen molar-refractivity contribution < 1.29 is 9.53 Å². The summed E-state index contributed by atoms with van der Waals surface area (Å²) in [6.45, 7) is 2.89. The Kier molecular flexibility index (Phi) is 8.20. The molecule has 4 rings (SSSR count). The molecule has 0 spiro atoms. The molecule has 0 bridgehead atoms. The molecule has 1 aromatic heterocycles. The maximum atomic E-state index is 13.3. The van der Waals surface area contributed by atoms with Crippen LogP contribution in [0.5, 0.6) is 5.75 Å². The summed E-state index contributed by atoms with van der Waals surface area (Å²) in [5, 5.41) is 0.778. The molecule has 0 saturated carbocycles. The molecule has 1 amide bonds. The average Bonchev–Trinajstić information content (AvgIpc) is 2.88. The maximum absolute atomic E-state index is 13.3. The molecule has 0 N–H and O–H groups in total. The van der Waals surface area contributed by atoms with Gasteiger partial charge in [-0.05, 0) is 85.8 Å². The lowest BCUT2D eigenvalue weighted by Gasteiger charge is -2.40. The van der Waals surface area contributed by atoms with Gasteiger partial charge in [-0.25, -0.2) is 0 Å². The summed E-state index contributed by atoms with van der Waals surface area (Å²) in [4.78, 5) is 22.0. The first kappa shape index (κ1) is 24.2. The Morgan fingerprint density at radius 3 is 2.56 bits per heavy atom. The minimum Gasteiger partial charge on any atom is -0.497 e. The zero-order valence-corrected chi connectivity index (χ0v) is 20.6. The Bertz CT molecular complexity index is 1080. The van der Waals surface area contributed by atoms with E-state index in [1.807, 2.05) is 54.4 Å². The molecule has 1 atom stereocenters. The highest BCUT2D eigenvalue weighted by Crippen LogP contribution is 2.29. The second-order valence-electron chi connectivity index (χ2n) is 9.00. The number of hydrogen-bond donors (Lipinski definition) is 0. The summed E-state index contributed by atoms with van der Waals surface area (Å²) in [6.07, 6.45) is 4.53. The van der Waals surface area contributed by atoms with Crippen LogP contribution in [0.1, 0.15) is 34.5 Å². The first-order valence-electron chi connectivity index (χ1n) is 11.8. The zero-order chi connectivity index (χ0) is 23.9. The average molecular weight is 478 g/mol. The lowest BCUT2D eigenvalue weighted by atomic mass is 9.84. The van der Waals surface area contributed by atoms with Crippen LogP contribution in [0, 0.1) is 5.92 Å². The van der Waals surface area contributed by atoms with Crippen LogP contribution in [0.2, 0.25) is 5.02 Å². The lowest BCUT2D eigenvalue weighted by molar-refractivity contribution is 0.0579. The fourth-order valence-electron chi connectivity index (χ4n) is 4.87. The molecule has 0 unspecified atom stereocenters. The van der Waals surface area contributed by atoms with Gasteiger partial charge < -0.3 is 9.64 Å². The summed E-state index contributed by atoms with van der Waals surface area (Å²) in [5.41, 5.74) is 2.90. The first-order valence-corrected chi connectivity index (χ1v) is 12.2. The zero-order valence-electron chi connectivity index (χ0n) is 19.9. The lowest BCUT2D eigenvalue weighted by Crippen LogP contribution is -2.47. The number of methoxy groups -OCH3 is 1. The van der Waals surface area contributed by atoms with Crippen molar-refractivity contribution in [2.45, 2.75) is 31.8 Å². The van der Waals surface area contributed by atoms with Gasteiger partial charge in [0, 0.05) is 30.9 Å². The van der Waals surface area contributed by atoms with Gasteiger partial charge in [-0.3, -0.25) is 14.7 Å². The van der Waals surface area contributed by atoms with Gasteiger partial charge in [-0.1, -0.05) is 41.9 Å². The van der Waals surface area contributed by atoms with E-state index in [-0.39, 0.29) is 11.9 Å². The number of carbonyl (C=O) groups excluding carboxylic acids is 1. The predicted octanol–water partition coefficient (Wildman–Crippen LogP) is 5.34. The van der Waals surface area contributed by atoms with E-state index in [0.29, 0.717) is 11.6 Å². The molecule has 178 valence electrons. The molecule has 2 heterocycles. The van der Waals surface area contributed by atoms with Crippen LogP contribution in [-0.4, -0.2) is 54.0 Å². The Hall–Kier alpha value is -2.89. The molecular formula is C28H32ClN3O2. The van der Waals surface area contributed by atoms with Crippen LogP contribution in [0.4, 0.5) is 0 Å². The number of pyridine rings is 1. The summed E-state index contributed by atoms with van der Waals surface area (Å²) in [5.74, 6) is 1.21. The summed E-state index contributed by atoms with van der Waals surface area (Å²) in [6, 6.07) is 21.8. The second kappa shape index (κ2) is 11.5. The SMILES string of the molecule is COc1cccc(C[C@@H](C2CCN(Cc3cccc(Cl)c3)CC2)N(C)C(=O)c2ccccn2)c1. The third kappa shape index (κ3) is 6.16. The number of halogens is 1. The molecule has 2 aromatic carbocycles. The van der Waals surface area contributed by atoms with E-state index in [9.17, 15) is 4.79 Å². The van der Waals surface area contributed by atoms with E-state index in [1.165, 1.54) is 11.1 Å². The third-order valence-electron chi connectivity index (χ3n) is 6.75. The number of likely N-dealkylation sites (N-methyl/N-ethyl adjacent to an activating group) is 1. The predicted molar refractivity (Wildman–Crippen MR) is 136 cm³/mol. The number of carbonyl (C=O) groups is 1. The highest BCUT2D eigenvalue weighted by atomic mass is 35.5. The van der Waals surface area contributed by atoms with Crippen molar-refractivity contribution in [3.05, 3.63) is 94.8 Å². The van der Waals surface area contributed by atoms with Gasteiger partial charge >= 0.3 is 0 Å². The molecular weight excluding hydrogens is 446 g/mol. The van der Waals surface area contributed by atoms with Crippen molar-refractivity contribution in [2.75, 3.05) is 27.2 Å². The number of likely N-dealkylation sites (tertiary alicyclic amines) is 1. The van der Waals surface area contributed by atoms with Gasteiger partial charge in [0.05, 0.1) is 7.11 Å². The Balaban J connectivity index is 1.49. The van der Waals surface area contributed by atoms with E-state index in [1.54, 1.807) is 19.4 Å². The van der Waals surface area contributed by atoms with Gasteiger partial charge in [0.15, 0.2) is 0 Å². The summed E-state index contributed by atoms with van der Waals surface area (Å²) in [7, 11) is 3.60. The molecule has 5 nitrogen and oxygen atoms in total. The Labute approximate surface area is 207 Å². The number of rotatable bonds is 8. The number of ether oxygens (including phenoxy) is 1. The number of piperidine rings is 1.